The van der Waals surface area contributed by atoms with Crippen LogP contribution in [0, 0.1) is 11.8 Å². The topological polar surface area (TPSA) is 112 Å². The Bertz CT molecular complexity index is 1450. The molecule has 1 aromatic heterocycles. The first kappa shape index (κ1) is 25.1. The van der Waals surface area contributed by atoms with Gasteiger partial charge in [-0.25, -0.2) is 9.78 Å². The van der Waals surface area contributed by atoms with Crippen molar-refractivity contribution < 1.29 is 42.7 Å². The number of halogens is 1. The Morgan fingerprint density at radius 1 is 0.949 bits per heavy atom. The van der Waals surface area contributed by atoms with Crippen molar-refractivity contribution in [2.24, 2.45) is 11.8 Å². The number of carbonyl (C=O) groups excluding carboxylic acids is 2. The normalized spacial score (nSPS) is 22.4. The molecule has 11 heteroatoms. The number of benzene rings is 2. The molecule has 0 spiro atoms. The van der Waals surface area contributed by atoms with E-state index in [1.807, 2.05) is 18.2 Å². The van der Waals surface area contributed by atoms with Crippen LogP contribution < -0.4 is 23.7 Å². The highest BCUT2D eigenvalue weighted by Gasteiger charge is 2.54. The second-order valence-corrected chi connectivity index (χ2v) is 9.67. The van der Waals surface area contributed by atoms with Crippen molar-refractivity contribution in [3.05, 3.63) is 70.0 Å². The maximum atomic E-state index is 13.3. The molecule has 2 aromatic carbocycles. The van der Waals surface area contributed by atoms with Gasteiger partial charge in [0.05, 0.1) is 39.4 Å². The second-order valence-electron chi connectivity index (χ2n) is 9.28. The van der Waals surface area contributed by atoms with Crippen LogP contribution in [0.4, 0.5) is 0 Å². The Balaban J connectivity index is 1.52. The van der Waals surface area contributed by atoms with E-state index in [1.54, 1.807) is 6.07 Å². The van der Waals surface area contributed by atoms with E-state index in [9.17, 15) is 9.59 Å². The minimum Gasteiger partial charge on any atom is -0.493 e. The molecule has 0 saturated carbocycles. The molecule has 10 nitrogen and oxygen atoms in total. The largest absolute Gasteiger partial charge is 0.493 e. The third-order valence-corrected chi connectivity index (χ3v) is 7.57. The van der Waals surface area contributed by atoms with Gasteiger partial charge >= 0.3 is 11.9 Å². The molecule has 202 valence electrons. The van der Waals surface area contributed by atoms with Gasteiger partial charge < -0.3 is 33.2 Å². The molecule has 0 unspecified atom stereocenters. The smallest absolute Gasteiger partial charge is 0.338 e. The van der Waals surface area contributed by atoms with Crippen LogP contribution >= 0.6 is 11.6 Å². The predicted molar refractivity (Wildman–Crippen MR) is 136 cm³/mol. The summed E-state index contributed by atoms with van der Waals surface area (Å²) < 4.78 is 39.6. The fourth-order valence-electron chi connectivity index (χ4n) is 5.66. The lowest BCUT2D eigenvalue weighted by Crippen LogP contribution is -2.36. The van der Waals surface area contributed by atoms with Gasteiger partial charge in [-0.1, -0.05) is 11.6 Å². The van der Waals surface area contributed by atoms with Crippen LogP contribution in [0.3, 0.4) is 0 Å². The standard InChI is InChI=1S/C28H24ClNO9/c1-33-20-6-14(7-21(34-2)26(20)35-3)23-15-9-18-19(38-12-37-18)10-16(15)25(17-11-36-28(32)24(17)23)39-27(31)13-4-5-30-22(29)8-13/h4-10,17,23-25H,11-12H2,1-3H3/t17-,23+,24-,25-/m0/s1. The van der Waals surface area contributed by atoms with Crippen molar-refractivity contribution in [3.8, 4) is 28.7 Å². The Morgan fingerprint density at radius 3 is 2.28 bits per heavy atom. The third kappa shape index (κ3) is 4.15. The van der Waals surface area contributed by atoms with E-state index in [-0.39, 0.29) is 24.1 Å². The lowest BCUT2D eigenvalue weighted by atomic mass is 9.66. The summed E-state index contributed by atoms with van der Waals surface area (Å²) >= 11 is 6.00. The van der Waals surface area contributed by atoms with Crippen molar-refractivity contribution in [2.75, 3.05) is 34.7 Å². The van der Waals surface area contributed by atoms with E-state index >= 15 is 0 Å². The molecule has 0 radical (unpaired) electrons. The summed E-state index contributed by atoms with van der Waals surface area (Å²) in [4.78, 5) is 30.4. The number of cyclic esters (lactones) is 1. The van der Waals surface area contributed by atoms with E-state index in [2.05, 4.69) is 4.98 Å². The number of nitrogens with zero attached hydrogens (tertiary/aromatic N) is 1. The number of pyridine rings is 1. The molecule has 39 heavy (non-hydrogen) atoms. The van der Waals surface area contributed by atoms with Crippen molar-refractivity contribution >= 4 is 23.5 Å². The summed E-state index contributed by atoms with van der Waals surface area (Å²) in [5.41, 5.74) is 2.40. The van der Waals surface area contributed by atoms with Gasteiger partial charge in [0.15, 0.2) is 23.0 Å². The van der Waals surface area contributed by atoms with Gasteiger partial charge in [0, 0.05) is 23.6 Å². The number of esters is 2. The quantitative estimate of drug-likeness (QED) is 0.323. The SMILES string of the molecule is COc1cc([C@@H]2c3cc4c(cc3[C@H](OC(=O)c3ccnc(Cl)c3)[C@H]3COC(=O)[C@H]23)OCO4)cc(OC)c1OC. The zero-order chi connectivity index (χ0) is 27.3. The lowest BCUT2D eigenvalue weighted by molar-refractivity contribution is -0.141. The Labute approximate surface area is 228 Å². The second kappa shape index (κ2) is 9.85. The van der Waals surface area contributed by atoms with E-state index in [1.165, 1.54) is 39.7 Å². The van der Waals surface area contributed by atoms with Crippen molar-refractivity contribution in [1.82, 2.24) is 4.98 Å². The van der Waals surface area contributed by atoms with Gasteiger partial charge in [0.2, 0.25) is 12.5 Å². The Morgan fingerprint density at radius 2 is 1.64 bits per heavy atom. The fourth-order valence-corrected chi connectivity index (χ4v) is 5.83. The number of ether oxygens (including phenoxy) is 7. The molecule has 0 bridgehead atoms. The highest BCUT2D eigenvalue weighted by Crippen LogP contribution is 2.56. The number of hydrogen-bond acceptors (Lipinski definition) is 10. The van der Waals surface area contributed by atoms with Crippen molar-refractivity contribution in [1.29, 1.82) is 0 Å². The van der Waals surface area contributed by atoms with Gasteiger partial charge in [0.25, 0.3) is 0 Å². The lowest BCUT2D eigenvalue weighted by Gasteiger charge is -2.38. The minimum atomic E-state index is -0.802. The number of methoxy groups -OCH3 is 3. The molecular weight excluding hydrogens is 530 g/mol. The van der Waals surface area contributed by atoms with Crippen LogP contribution in [0.1, 0.15) is 39.1 Å². The zero-order valence-corrected chi connectivity index (χ0v) is 22.0. The first-order chi connectivity index (χ1) is 18.9. The van der Waals surface area contributed by atoms with E-state index < -0.39 is 35.8 Å². The van der Waals surface area contributed by atoms with E-state index in [0.717, 1.165) is 11.1 Å². The van der Waals surface area contributed by atoms with Crippen LogP contribution in [-0.2, 0) is 14.3 Å². The molecule has 3 heterocycles. The number of rotatable bonds is 6. The van der Waals surface area contributed by atoms with Gasteiger partial charge in [-0.2, -0.15) is 0 Å². The highest BCUT2D eigenvalue weighted by molar-refractivity contribution is 6.29. The number of hydrogen-bond donors (Lipinski definition) is 0. The summed E-state index contributed by atoms with van der Waals surface area (Å²) in [6.45, 7) is 0.134. The summed E-state index contributed by atoms with van der Waals surface area (Å²) in [5.74, 6) is -0.258. The van der Waals surface area contributed by atoms with Crippen LogP contribution in [0.2, 0.25) is 5.15 Å². The summed E-state index contributed by atoms with van der Waals surface area (Å²) in [6, 6.07) is 10.2. The monoisotopic (exact) mass is 553 g/mol. The maximum Gasteiger partial charge on any atom is 0.338 e. The first-order valence-electron chi connectivity index (χ1n) is 12.2. The average molecular weight is 554 g/mol. The molecule has 1 fully saturated rings. The minimum absolute atomic E-state index is 0.0575. The van der Waals surface area contributed by atoms with Crippen molar-refractivity contribution in [2.45, 2.75) is 12.0 Å². The van der Waals surface area contributed by atoms with Gasteiger partial charge in [-0.15, -0.1) is 0 Å². The molecule has 1 aliphatic carbocycles. The van der Waals surface area contributed by atoms with Crippen LogP contribution in [-0.4, -0.2) is 51.7 Å². The van der Waals surface area contributed by atoms with E-state index in [0.29, 0.717) is 34.3 Å². The summed E-state index contributed by atoms with van der Waals surface area (Å²) in [5, 5.41) is 0.164. The van der Waals surface area contributed by atoms with Crippen molar-refractivity contribution in [3.63, 3.8) is 0 Å². The summed E-state index contributed by atoms with van der Waals surface area (Å²) in [7, 11) is 4.58. The molecule has 3 aliphatic rings. The highest BCUT2D eigenvalue weighted by atomic mass is 35.5. The first-order valence-corrected chi connectivity index (χ1v) is 12.5. The summed E-state index contributed by atoms with van der Waals surface area (Å²) in [6.07, 6.45) is 0.626. The Kier molecular flexibility index (Phi) is 6.34. The van der Waals surface area contributed by atoms with Crippen LogP contribution in [0.15, 0.2) is 42.6 Å². The number of aromatic nitrogens is 1. The van der Waals surface area contributed by atoms with Gasteiger partial charge in [-0.05, 0) is 47.5 Å². The molecular formula is C28H24ClNO9. The van der Waals surface area contributed by atoms with Crippen LogP contribution in [0.25, 0.3) is 0 Å². The van der Waals surface area contributed by atoms with Gasteiger partial charge in [-0.3, -0.25) is 4.79 Å². The maximum absolute atomic E-state index is 13.3. The van der Waals surface area contributed by atoms with E-state index in [4.69, 9.17) is 44.8 Å². The predicted octanol–water partition coefficient (Wildman–Crippen LogP) is 4.32. The molecule has 2 aliphatic heterocycles. The molecule has 6 rings (SSSR count). The Hall–Kier alpha value is -4.18. The molecule has 0 amide bonds. The fraction of sp³-hybridized carbons (Fsp3) is 0.321. The van der Waals surface area contributed by atoms with Gasteiger partial charge in [0.1, 0.15) is 11.3 Å². The molecule has 4 atom stereocenters. The average Bonchev–Trinajstić information content (AvgIpc) is 3.57. The molecule has 1 saturated heterocycles. The molecule has 0 N–H and O–H groups in total. The zero-order valence-electron chi connectivity index (χ0n) is 21.3. The third-order valence-electron chi connectivity index (χ3n) is 7.36. The van der Waals surface area contributed by atoms with Crippen LogP contribution in [0.5, 0.6) is 28.7 Å². The number of fused-ring (bicyclic) bond motifs is 3. The molecule has 3 aromatic rings. The number of carbonyl (C=O) groups is 2.